The van der Waals surface area contributed by atoms with Gasteiger partial charge in [0.15, 0.2) is 0 Å². The van der Waals surface area contributed by atoms with Crippen LogP contribution in [0.3, 0.4) is 0 Å². The summed E-state index contributed by atoms with van der Waals surface area (Å²) in [6.45, 7) is 3.93. The number of carbonyl (C=O) groups is 1. The molecule has 1 aliphatic carbocycles. The molecule has 0 aromatic heterocycles. The lowest BCUT2D eigenvalue weighted by Gasteiger charge is -2.43. The van der Waals surface area contributed by atoms with E-state index in [1.54, 1.807) is 32.0 Å². The van der Waals surface area contributed by atoms with Gasteiger partial charge in [0.25, 0.3) is 15.9 Å². The Bertz CT molecular complexity index is 1610. The average molecular weight is 650 g/mol. The van der Waals surface area contributed by atoms with E-state index in [4.69, 9.17) is 26.9 Å². The van der Waals surface area contributed by atoms with Crippen molar-refractivity contribution in [2.24, 2.45) is 11.7 Å². The number of hydrogen-bond donors (Lipinski definition) is 2. The Hall–Kier alpha value is -2.83. The molecule has 3 N–H and O–H groups in total. The normalized spacial score (nSPS) is 18.6. The number of nitrogens with zero attached hydrogens (tertiary/aromatic N) is 1. The van der Waals surface area contributed by atoms with Gasteiger partial charge in [-0.3, -0.25) is 9.63 Å². The van der Waals surface area contributed by atoms with Crippen LogP contribution in [-0.2, 0) is 25.6 Å². The van der Waals surface area contributed by atoms with Crippen molar-refractivity contribution in [2.75, 3.05) is 13.1 Å². The molecule has 3 aromatic rings. The van der Waals surface area contributed by atoms with Crippen LogP contribution in [0.1, 0.15) is 57.9 Å². The van der Waals surface area contributed by atoms with Crippen molar-refractivity contribution in [3.05, 3.63) is 71.2 Å². The number of halogens is 3. The van der Waals surface area contributed by atoms with Crippen LogP contribution in [0.2, 0.25) is 5.02 Å². The molecule has 2 fully saturated rings. The van der Waals surface area contributed by atoms with Crippen LogP contribution in [0.25, 0.3) is 10.8 Å². The molecule has 238 valence electrons. The van der Waals surface area contributed by atoms with Gasteiger partial charge in [-0.2, -0.15) is 0 Å². The smallest absolute Gasteiger partial charge is 0.287 e. The van der Waals surface area contributed by atoms with Gasteiger partial charge in [0.1, 0.15) is 17.3 Å². The Balaban J connectivity index is 1.53. The summed E-state index contributed by atoms with van der Waals surface area (Å²) >= 11 is 6.26. The molecule has 0 bridgehead atoms. The van der Waals surface area contributed by atoms with E-state index >= 15 is 8.78 Å². The highest BCUT2D eigenvalue weighted by Gasteiger charge is 2.61. The topological polar surface area (TPSA) is 111 Å². The molecule has 3 aromatic carbocycles. The summed E-state index contributed by atoms with van der Waals surface area (Å²) in [6.07, 6.45) is 1.67. The van der Waals surface area contributed by atoms with Gasteiger partial charge in [-0.15, -0.1) is 0 Å². The highest BCUT2D eigenvalue weighted by atomic mass is 35.5. The van der Waals surface area contributed by atoms with Crippen LogP contribution in [0, 0.1) is 5.92 Å². The molecule has 1 heterocycles. The molecule has 12 heteroatoms. The van der Waals surface area contributed by atoms with E-state index in [1.807, 2.05) is 12.1 Å². The molecular weight excluding hydrogens is 612 g/mol. The fourth-order valence-corrected chi connectivity index (χ4v) is 7.24. The highest BCUT2D eigenvalue weighted by Crippen LogP contribution is 2.51. The van der Waals surface area contributed by atoms with E-state index in [9.17, 15) is 13.2 Å². The number of hydrogen-bond acceptors (Lipinski definition) is 6. The van der Waals surface area contributed by atoms with Crippen molar-refractivity contribution in [1.82, 2.24) is 9.79 Å². The minimum Gasteiger partial charge on any atom is -0.489 e. The third kappa shape index (κ3) is 6.72. The zero-order valence-corrected chi connectivity index (χ0v) is 26.3. The molecule has 1 amide bonds. The molecule has 1 unspecified atom stereocenters. The summed E-state index contributed by atoms with van der Waals surface area (Å²) in [5, 5.41) is 1.69. The maximum Gasteiger partial charge on any atom is 0.287 e. The van der Waals surface area contributed by atoms with Crippen LogP contribution < -0.4 is 15.4 Å². The van der Waals surface area contributed by atoms with E-state index in [1.165, 1.54) is 29.2 Å². The number of piperidine rings is 1. The number of sulfonamides is 1. The number of amides is 1. The minimum atomic E-state index is -4.30. The average Bonchev–Trinajstić information content (AvgIpc) is 3.46. The quantitative estimate of drug-likeness (QED) is 0.255. The summed E-state index contributed by atoms with van der Waals surface area (Å²) in [5.41, 5.74) is 3.73. The number of fused-ring (bicyclic) bond motifs is 1. The lowest BCUT2D eigenvalue weighted by atomic mass is 9.77. The van der Waals surface area contributed by atoms with E-state index in [2.05, 4.69) is 4.89 Å². The van der Waals surface area contributed by atoms with E-state index < -0.39 is 38.9 Å². The first-order valence-corrected chi connectivity index (χ1v) is 16.8. The number of carbonyl (C=O) groups excluding carboxylic acids is 1. The van der Waals surface area contributed by atoms with Gasteiger partial charge in [-0.1, -0.05) is 65.7 Å². The maximum atomic E-state index is 16.9. The number of likely N-dealkylation sites (tertiary alicyclic amines) is 1. The number of benzene rings is 3. The van der Waals surface area contributed by atoms with Crippen LogP contribution in [0.5, 0.6) is 5.75 Å². The third-order valence-electron chi connectivity index (χ3n) is 8.50. The molecule has 0 spiro atoms. The first-order valence-electron chi connectivity index (χ1n) is 14.9. The Kier molecular flexibility index (Phi) is 9.53. The predicted molar refractivity (Wildman–Crippen MR) is 165 cm³/mol. The Morgan fingerprint density at radius 2 is 1.70 bits per heavy atom. The van der Waals surface area contributed by atoms with Crippen LogP contribution in [0.4, 0.5) is 8.78 Å². The molecule has 5 rings (SSSR count). The Morgan fingerprint density at radius 1 is 1.05 bits per heavy atom. The second kappa shape index (κ2) is 12.9. The fraction of sp³-hybridized carbons (Fsp3) is 0.469. The fourth-order valence-electron chi connectivity index (χ4n) is 6.18. The van der Waals surface area contributed by atoms with Crippen LogP contribution >= 0.6 is 11.6 Å². The minimum absolute atomic E-state index is 0.0511. The molecule has 0 radical (unpaired) electrons. The zero-order chi connectivity index (χ0) is 31.7. The standard InChI is InChI=1S/C32H38ClF2N3O5S/c1-21(2)42-28-20-24(10-12-27(28)33)32(34,35)29(30(39)38-17-13-25(36)14-18-38)31(15-5-6-16-31)43-37-44(40,41)26-11-9-22-7-3-4-8-23(22)19-26/h3-4,7-12,19-21,25,29,37H,5-6,13-18,36H2,1-2H3. The molecule has 8 nitrogen and oxygen atoms in total. The van der Waals surface area contributed by atoms with Crippen LogP contribution in [0.15, 0.2) is 65.6 Å². The van der Waals surface area contributed by atoms with Gasteiger partial charge >= 0.3 is 0 Å². The van der Waals surface area contributed by atoms with Crippen molar-refractivity contribution < 1.29 is 31.6 Å². The van der Waals surface area contributed by atoms with Gasteiger partial charge < -0.3 is 15.4 Å². The van der Waals surface area contributed by atoms with Crippen molar-refractivity contribution in [3.8, 4) is 5.75 Å². The van der Waals surface area contributed by atoms with Crippen molar-refractivity contribution in [1.29, 1.82) is 0 Å². The van der Waals surface area contributed by atoms with Crippen molar-refractivity contribution in [2.45, 2.75) is 80.9 Å². The third-order valence-corrected chi connectivity index (χ3v) is 9.99. The summed E-state index contributed by atoms with van der Waals surface area (Å²) in [5.74, 6) is -6.57. The van der Waals surface area contributed by atoms with Crippen molar-refractivity contribution in [3.63, 3.8) is 0 Å². The lowest BCUT2D eigenvalue weighted by Crippen LogP contribution is -2.58. The molecule has 1 aliphatic heterocycles. The number of alkyl halides is 2. The summed E-state index contributed by atoms with van der Waals surface area (Å²) in [7, 11) is -4.30. The number of rotatable bonds is 10. The monoisotopic (exact) mass is 649 g/mol. The predicted octanol–water partition coefficient (Wildman–Crippen LogP) is 6.16. The summed E-state index contributed by atoms with van der Waals surface area (Å²) in [4.78, 5) is 23.5. The summed E-state index contributed by atoms with van der Waals surface area (Å²) in [6, 6.07) is 15.3. The first kappa shape index (κ1) is 32.6. The Morgan fingerprint density at radius 3 is 2.36 bits per heavy atom. The largest absolute Gasteiger partial charge is 0.489 e. The van der Waals surface area contributed by atoms with E-state index in [0.717, 1.165) is 11.5 Å². The maximum absolute atomic E-state index is 16.9. The van der Waals surface area contributed by atoms with Gasteiger partial charge in [0, 0.05) is 24.7 Å². The Labute approximate surface area is 261 Å². The number of nitrogens with one attached hydrogen (secondary N) is 1. The van der Waals surface area contributed by atoms with Gasteiger partial charge in [-0.25, -0.2) is 17.2 Å². The van der Waals surface area contributed by atoms with E-state index in [-0.39, 0.29) is 53.7 Å². The first-order chi connectivity index (χ1) is 20.8. The number of ether oxygens (including phenoxy) is 1. The van der Waals surface area contributed by atoms with Gasteiger partial charge in [0.2, 0.25) is 5.91 Å². The molecule has 1 saturated carbocycles. The van der Waals surface area contributed by atoms with Crippen LogP contribution in [-0.4, -0.2) is 50.1 Å². The molecule has 1 atom stereocenters. The van der Waals surface area contributed by atoms with Gasteiger partial charge in [-0.05, 0) is 74.6 Å². The zero-order valence-electron chi connectivity index (χ0n) is 24.8. The second-order valence-electron chi connectivity index (χ2n) is 12.0. The molecule has 1 saturated heterocycles. The lowest BCUT2D eigenvalue weighted by molar-refractivity contribution is -0.203. The molecular formula is C32H38ClF2N3O5S. The van der Waals surface area contributed by atoms with Gasteiger partial charge in [0.05, 0.1) is 16.0 Å². The number of nitrogens with two attached hydrogens (primary N) is 1. The summed E-state index contributed by atoms with van der Waals surface area (Å²) < 4.78 is 66.4. The SMILES string of the molecule is CC(C)Oc1cc(C(F)(F)C(C(=O)N2CCC(N)CC2)C2(ONS(=O)(=O)c3ccc4ccccc4c3)CCCC2)ccc1Cl. The molecule has 2 aliphatic rings. The van der Waals surface area contributed by atoms with E-state index in [0.29, 0.717) is 31.1 Å². The molecule has 44 heavy (non-hydrogen) atoms. The highest BCUT2D eigenvalue weighted by molar-refractivity contribution is 7.89. The second-order valence-corrected chi connectivity index (χ2v) is 14.1. The van der Waals surface area contributed by atoms with Crippen molar-refractivity contribution >= 4 is 38.3 Å².